The summed E-state index contributed by atoms with van der Waals surface area (Å²) in [6.45, 7) is 0.666. The van der Waals surface area contributed by atoms with Crippen molar-refractivity contribution in [3.05, 3.63) is 30.1 Å². The van der Waals surface area contributed by atoms with Gasteiger partial charge in [-0.1, -0.05) is 16.8 Å². The Labute approximate surface area is 116 Å². The molecular weight excluding hydrogens is 286 g/mol. The van der Waals surface area contributed by atoms with Crippen molar-refractivity contribution in [1.82, 2.24) is 9.36 Å². The van der Waals surface area contributed by atoms with Crippen molar-refractivity contribution in [1.29, 1.82) is 0 Å². The van der Waals surface area contributed by atoms with Gasteiger partial charge in [0.05, 0.1) is 11.5 Å². The van der Waals surface area contributed by atoms with Crippen molar-refractivity contribution in [2.75, 3.05) is 11.3 Å². The summed E-state index contributed by atoms with van der Waals surface area (Å²) in [7, 11) is -3.14. The van der Waals surface area contributed by atoms with Crippen LogP contribution in [0, 0.1) is 0 Å². The van der Waals surface area contributed by atoms with E-state index >= 15 is 0 Å². The molecule has 1 aromatic heterocycles. The summed E-state index contributed by atoms with van der Waals surface area (Å²) in [5.41, 5.74) is 1.10. The molecule has 1 aliphatic heterocycles. The largest absolute Gasteiger partial charge is 0.493 e. The Kier molecular flexibility index (Phi) is 3.31. The lowest BCUT2D eigenvalue weighted by molar-refractivity contribution is 0.287. The van der Waals surface area contributed by atoms with E-state index in [4.69, 9.17) is 4.74 Å². The van der Waals surface area contributed by atoms with Crippen molar-refractivity contribution in [3.63, 3.8) is 0 Å². The molecule has 0 amide bonds. The van der Waals surface area contributed by atoms with Crippen molar-refractivity contribution in [2.24, 2.45) is 0 Å². The third-order valence-electron chi connectivity index (χ3n) is 2.81. The van der Waals surface area contributed by atoms with Crippen LogP contribution in [0.4, 0.5) is 5.13 Å². The van der Waals surface area contributed by atoms with Crippen molar-refractivity contribution in [2.45, 2.75) is 17.7 Å². The van der Waals surface area contributed by atoms with E-state index in [0.29, 0.717) is 16.6 Å². The number of rotatable bonds is 3. The number of aromatic nitrogens is 2. The zero-order chi connectivity index (χ0) is 13.3. The van der Waals surface area contributed by atoms with Crippen LogP contribution in [0.1, 0.15) is 12.0 Å². The van der Waals surface area contributed by atoms with Gasteiger partial charge in [-0.2, -0.15) is 4.37 Å². The normalized spacial score (nSPS) is 15.5. The van der Waals surface area contributed by atoms with Gasteiger partial charge in [0.2, 0.25) is 5.13 Å². The van der Waals surface area contributed by atoms with Gasteiger partial charge in [-0.3, -0.25) is 13.8 Å². The highest BCUT2D eigenvalue weighted by atomic mass is 32.3. The summed E-state index contributed by atoms with van der Waals surface area (Å²) >= 11 is 1.07. The second kappa shape index (κ2) is 4.97. The second-order valence-electron chi connectivity index (χ2n) is 4.12. The first kappa shape index (κ1) is 12.7. The van der Waals surface area contributed by atoms with Gasteiger partial charge < -0.3 is 4.74 Å². The summed E-state index contributed by atoms with van der Waals surface area (Å²) in [5, 5.41) is 0.374. The first-order valence-corrected chi connectivity index (χ1v) is 8.05. The molecule has 19 heavy (non-hydrogen) atoms. The van der Waals surface area contributed by atoms with Crippen molar-refractivity contribution >= 4 is 27.4 Å². The lowest BCUT2D eigenvalue weighted by atomic mass is 10.1. The minimum atomic E-state index is -3.14. The van der Waals surface area contributed by atoms with E-state index in [-0.39, 0.29) is 0 Å². The van der Waals surface area contributed by atoms with Crippen LogP contribution in [-0.4, -0.2) is 25.1 Å². The molecule has 3 N–H and O–H groups in total. The highest BCUT2D eigenvalue weighted by molar-refractivity contribution is 8.25. The second-order valence-corrected chi connectivity index (χ2v) is 6.67. The summed E-state index contributed by atoms with van der Waals surface area (Å²) in [5.74, 6) is 0.725. The van der Waals surface area contributed by atoms with Gasteiger partial charge >= 0.3 is 0 Å². The average molecular weight is 299 g/mol. The van der Waals surface area contributed by atoms with E-state index in [1.807, 2.05) is 6.07 Å². The Morgan fingerprint density at radius 3 is 3.05 bits per heavy atom. The SMILES string of the molecule is OS(O)(Nc1ncns1)c1ccc2c(c1)OCCC2. The number of fused-ring (bicyclic) bond motifs is 1. The maximum atomic E-state index is 10.2. The van der Waals surface area contributed by atoms with Crippen molar-refractivity contribution < 1.29 is 13.8 Å². The first-order chi connectivity index (χ1) is 9.15. The molecule has 0 spiro atoms. The molecule has 2 heterocycles. The van der Waals surface area contributed by atoms with Crippen LogP contribution in [0.3, 0.4) is 0 Å². The fraction of sp³-hybridized carbons (Fsp3) is 0.273. The monoisotopic (exact) mass is 299 g/mol. The zero-order valence-corrected chi connectivity index (χ0v) is 11.6. The first-order valence-electron chi connectivity index (χ1n) is 5.73. The van der Waals surface area contributed by atoms with Gasteiger partial charge in [0, 0.05) is 17.6 Å². The zero-order valence-electron chi connectivity index (χ0n) is 9.94. The predicted molar refractivity (Wildman–Crippen MR) is 74.9 cm³/mol. The molecule has 0 saturated heterocycles. The number of hydrogen-bond acceptors (Lipinski definition) is 7. The summed E-state index contributed by atoms with van der Waals surface area (Å²) in [4.78, 5) is 4.27. The predicted octanol–water partition coefficient (Wildman–Crippen LogP) is 3.00. The molecule has 102 valence electrons. The van der Waals surface area contributed by atoms with Gasteiger partial charge in [-0.05, 0) is 24.5 Å². The fourth-order valence-electron chi connectivity index (χ4n) is 1.90. The van der Waals surface area contributed by atoms with Gasteiger partial charge in [0.15, 0.2) is 0 Å². The van der Waals surface area contributed by atoms with Crippen LogP contribution in [-0.2, 0) is 6.42 Å². The molecular formula is C11H13N3O3S2. The Hall–Kier alpha value is -1.35. The number of nitrogens with zero attached hydrogens (tertiary/aromatic N) is 2. The molecule has 6 nitrogen and oxygen atoms in total. The van der Waals surface area contributed by atoms with E-state index in [0.717, 1.165) is 35.7 Å². The Morgan fingerprint density at radius 1 is 1.37 bits per heavy atom. The van der Waals surface area contributed by atoms with Crippen LogP contribution in [0.15, 0.2) is 29.4 Å². The summed E-state index contributed by atoms with van der Waals surface area (Å²) in [6.07, 6.45) is 3.31. The molecule has 3 rings (SSSR count). The van der Waals surface area contributed by atoms with Crippen molar-refractivity contribution in [3.8, 4) is 5.75 Å². The molecule has 0 bridgehead atoms. The summed E-state index contributed by atoms with van der Waals surface area (Å²) in [6, 6.07) is 5.26. The average Bonchev–Trinajstić information content (AvgIpc) is 2.90. The third-order valence-corrected chi connectivity index (χ3v) is 4.90. The van der Waals surface area contributed by atoms with Gasteiger partial charge in [-0.25, -0.2) is 4.98 Å². The molecule has 0 atom stereocenters. The van der Waals surface area contributed by atoms with E-state index < -0.39 is 10.8 Å². The Morgan fingerprint density at radius 2 is 2.26 bits per heavy atom. The molecule has 1 aliphatic rings. The number of nitrogens with one attached hydrogen (secondary N) is 1. The molecule has 0 radical (unpaired) electrons. The van der Waals surface area contributed by atoms with Crippen LogP contribution in [0.25, 0.3) is 0 Å². The number of aryl methyl sites for hydroxylation is 1. The smallest absolute Gasteiger partial charge is 0.221 e. The van der Waals surface area contributed by atoms with E-state index in [1.165, 1.54) is 6.33 Å². The van der Waals surface area contributed by atoms with E-state index in [1.54, 1.807) is 12.1 Å². The van der Waals surface area contributed by atoms with Crippen LogP contribution in [0.5, 0.6) is 5.75 Å². The van der Waals surface area contributed by atoms with Crippen LogP contribution >= 0.6 is 22.3 Å². The quantitative estimate of drug-likeness (QED) is 0.807. The molecule has 0 saturated carbocycles. The molecule has 0 fully saturated rings. The highest BCUT2D eigenvalue weighted by Gasteiger charge is 2.20. The van der Waals surface area contributed by atoms with E-state index in [9.17, 15) is 9.11 Å². The number of ether oxygens (including phenoxy) is 1. The van der Waals surface area contributed by atoms with Crippen LogP contribution in [0.2, 0.25) is 0 Å². The number of hydrogen-bond donors (Lipinski definition) is 3. The third kappa shape index (κ3) is 2.66. The maximum absolute atomic E-state index is 10.2. The van der Waals surface area contributed by atoms with Gasteiger partial charge in [0.1, 0.15) is 12.1 Å². The molecule has 0 aliphatic carbocycles. The van der Waals surface area contributed by atoms with E-state index in [2.05, 4.69) is 14.1 Å². The minimum absolute atomic E-state index is 0.374. The Bertz CT molecular complexity index is 575. The Balaban J connectivity index is 1.88. The number of benzene rings is 1. The highest BCUT2D eigenvalue weighted by Crippen LogP contribution is 2.49. The molecule has 8 heteroatoms. The van der Waals surface area contributed by atoms with Gasteiger partial charge in [-0.15, -0.1) is 0 Å². The molecule has 2 aromatic rings. The summed E-state index contributed by atoms with van der Waals surface area (Å²) < 4.78 is 32.3. The van der Waals surface area contributed by atoms with Crippen LogP contribution < -0.4 is 9.46 Å². The fourth-order valence-corrected chi connectivity index (χ4v) is 3.63. The topological polar surface area (TPSA) is 87.5 Å². The van der Waals surface area contributed by atoms with Gasteiger partial charge in [0.25, 0.3) is 0 Å². The lowest BCUT2D eigenvalue weighted by Crippen LogP contribution is -2.12. The minimum Gasteiger partial charge on any atom is -0.493 e. The maximum Gasteiger partial charge on any atom is 0.221 e. The number of anilines is 1. The molecule has 0 unspecified atom stereocenters. The lowest BCUT2D eigenvalue weighted by Gasteiger charge is -2.33. The standard InChI is InChI=1S/C11H13N3O3S2/c15-19(16,14-11-12-7-13-18-11)9-4-3-8-2-1-5-17-10(8)6-9/h3-4,6-7,15-16H,1-2,5H2,(H,12,13,14). The molecule has 1 aromatic carbocycles.